The molecule has 3 heterocycles. The molecule has 2 aliphatic heterocycles. The van der Waals surface area contributed by atoms with Crippen LogP contribution in [0.2, 0.25) is 0 Å². The van der Waals surface area contributed by atoms with Gasteiger partial charge in [-0.25, -0.2) is 4.98 Å². The number of hydrogen-bond acceptors (Lipinski definition) is 6. The zero-order chi connectivity index (χ0) is 16.2. The summed E-state index contributed by atoms with van der Waals surface area (Å²) in [5.74, 6) is 1.97. The van der Waals surface area contributed by atoms with Crippen molar-refractivity contribution >= 4 is 17.7 Å². The monoisotopic (exact) mass is 319 g/mol. The molecule has 0 aliphatic carbocycles. The second kappa shape index (κ2) is 7.12. The molecule has 2 fully saturated rings. The van der Waals surface area contributed by atoms with E-state index < -0.39 is 0 Å². The minimum Gasteiger partial charge on any atom is -0.378 e. The van der Waals surface area contributed by atoms with Crippen LogP contribution in [0, 0.1) is 6.92 Å². The first-order valence-electron chi connectivity index (χ1n) is 8.38. The maximum absolute atomic E-state index is 11.8. The fraction of sp³-hybridized carbons (Fsp3) is 0.688. The van der Waals surface area contributed by atoms with E-state index in [0.29, 0.717) is 6.42 Å². The van der Waals surface area contributed by atoms with Gasteiger partial charge in [-0.3, -0.25) is 4.79 Å². The first kappa shape index (κ1) is 16.0. The largest absolute Gasteiger partial charge is 0.378 e. The van der Waals surface area contributed by atoms with Crippen LogP contribution < -0.4 is 9.80 Å². The van der Waals surface area contributed by atoms with E-state index in [9.17, 15) is 4.79 Å². The van der Waals surface area contributed by atoms with Crippen LogP contribution in [0.4, 0.5) is 11.8 Å². The first-order chi connectivity index (χ1) is 11.2. The van der Waals surface area contributed by atoms with Crippen molar-refractivity contribution in [2.75, 3.05) is 62.3 Å². The minimum absolute atomic E-state index is 0.226. The van der Waals surface area contributed by atoms with Crippen molar-refractivity contribution in [2.24, 2.45) is 0 Å². The molecule has 2 saturated heterocycles. The normalized spacial score (nSPS) is 19.1. The molecule has 23 heavy (non-hydrogen) atoms. The third-order valence-corrected chi connectivity index (χ3v) is 4.38. The fourth-order valence-corrected chi connectivity index (χ4v) is 3.01. The van der Waals surface area contributed by atoms with Crippen LogP contribution in [0.5, 0.6) is 0 Å². The Balaban J connectivity index is 1.70. The van der Waals surface area contributed by atoms with E-state index in [0.717, 1.165) is 69.9 Å². The second-order valence-electron chi connectivity index (χ2n) is 5.99. The Hall–Kier alpha value is -1.89. The topological polar surface area (TPSA) is 61.8 Å². The van der Waals surface area contributed by atoms with Gasteiger partial charge in [0.2, 0.25) is 11.9 Å². The highest BCUT2D eigenvalue weighted by Crippen LogP contribution is 2.19. The average molecular weight is 319 g/mol. The Morgan fingerprint density at radius 3 is 2.43 bits per heavy atom. The van der Waals surface area contributed by atoms with Gasteiger partial charge in [0.25, 0.3) is 0 Å². The number of nitrogens with zero attached hydrogens (tertiary/aromatic N) is 5. The van der Waals surface area contributed by atoms with Gasteiger partial charge in [0.05, 0.1) is 13.2 Å². The molecular formula is C16H25N5O2. The molecule has 2 aliphatic rings. The molecule has 0 bridgehead atoms. The van der Waals surface area contributed by atoms with E-state index in [2.05, 4.69) is 14.8 Å². The first-order valence-corrected chi connectivity index (χ1v) is 8.38. The summed E-state index contributed by atoms with van der Waals surface area (Å²) in [5, 5.41) is 0. The highest BCUT2D eigenvalue weighted by Gasteiger charge is 2.23. The van der Waals surface area contributed by atoms with Crippen molar-refractivity contribution in [1.29, 1.82) is 0 Å². The molecule has 0 aromatic carbocycles. The van der Waals surface area contributed by atoms with Gasteiger partial charge in [-0.05, 0) is 6.92 Å². The van der Waals surface area contributed by atoms with Gasteiger partial charge in [0, 0.05) is 57.4 Å². The molecule has 7 nitrogen and oxygen atoms in total. The third-order valence-electron chi connectivity index (χ3n) is 4.38. The molecule has 0 N–H and O–H groups in total. The lowest BCUT2D eigenvalue weighted by molar-refractivity contribution is -0.131. The zero-order valence-corrected chi connectivity index (χ0v) is 14.0. The highest BCUT2D eigenvalue weighted by atomic mass is 16.5. The highest BCUT2D eigenvalue weighted by molar-refractivity contribution is 5.76. The van der Waals surface area contributed by atoms with Crippen molar-refractivity contribution in [3.05, 3.63) is 11.8 Å². The van der Waals surface area contributed by atoms with Crippen molar-refractivity contribution < 1.29 is 9.53 Å². The molecule has 1 amide bonds. The molecule has 0 atom stereocenters. The van der Waals surface area contributed by atoms with E-state index in [-0.39, 0.29) is 5.91 Å². The number of ether oxygens (including phenoxy) is 1. The van der Waals surface area contributed by atoms with E-state index in [1.165, 1.54) is 0 Å². The number of rotatable bonds is 3. The SMILES string of the molecule is CCC(=O)N1CCN(c2nc(C)cc(N3CCOCC3)n2)CC1. The summed E-state index contributed by atoms with van der Waals surface area (Å²) < 4.78 is 5.41. The molecule has 1 aromatic heterocycles. The number of carbonyl (C=O) groups excluding carboxylic acids is 1. The predicted molar refractivity (Wildman–Crippen MR) is 88.9 cm³/mol. The Labute approximate surface area is 137 Å². The number of piperazine rings is 1. The number of carbonyl (C=O) groups is 1. The number of aromatic nitrogens is 2. The van der Waals surface area contributed by atoms with Crippen molar-refractivity contribution in [3.63, 3.8) is 0 Å². The van der Waals surface area contributed by atoms with Crippen LogP contribution in [0.3, 0.4) is 0 Å². The fourth-order valence-electron chi connectivity index (χ4n) is 3.01. The van der Waals surface area contributed by atoms with Crippen LogP contribution in [0.15, 0.2) is 6.07 Å². The summed E-state index contributed by atoms with van der Waals surface area (Å²) in [7, 11) is 0. The lowest BCUT2D eigenvalue weighted by Crippen LogP contribution is -2.49. The molecule has 0 saturated carbocycles. The smallest absolute Gasteiger partial charge is 0.227 e. The van der Waals surface area contributed by atoms with E-state index >= 15 is 0 Å². The summed E-state index contributed by atoms with van der Waals surface area (Å²) in [6.07, 6.45) is 0.572. The van der Waals surface area contributed by atoms with E-state index in [1.807, 2.05) is 24.8 Å². The maximum Gasteiger partial charge on any atom is 0.227 e. The molecule has 3 rings (SSSR count). The molecular weight excluding hydrogens is 294 g/mol. The van der Waals surface area contributed by atoms with Crippen LogP contribution in [-0.4, -0.2) is 73.3 Å². The molecule has 0 spiro atoms. The molecule has 0 radical (unpaired) electrons. The van der Waals surface area contributed by atoms with Crippen molar-refractivity contribution in [1.82, 2.24) is 14.9 Å². The van der Waals surface area contributed by atoms with Gasteiger partial charge in [0.15, 0.2) is 0 Å². The lowest BCUT2D eigenvalue weighted by atomic mass is 10.3. The van der Waals surface area contributed by atoms with Gasteiger partial charge >= 0.3 is 0 Å². The summed E-state index contributed by atoms with van der Waals surface area (Å²) >= 11 is 0. The number of amides is 1. The number of aryl methyl sites for hydroxylation is 1. The Morgan fingerprint density at radius 1 is 1.09 bits per heavy atom. The van der Waals surface area contributed by atoms with Gasteiger partial charge in [-0.15, -0.1) is 0 Å². The number of anilines is 2. The van der Waals surface area contributed by atoms with Gasteiger partial charge < -0.3 is 19.4 Å². The van der Waals surface area contributed by atoms with Crippen LogP contribution in [-0.2, 0) is 9.53 Å². The van der Waals surface area contributed by atoms with Gasteiger partial charge in [0.1, 0.15) is 5.82 Å². The van der Waals surface area contributed by atoms with E-state index in [4.69, 9.17) is 9.72 Å². The summed E-state index contributed by atoms with van der Waals surface area (Å²) in [6.45, 7) is 10.2. The van der Waals surface area contributed by atoms with Crippen LogP contribution in [0.1, 0.15) is 19.0 Å². The Kier molecular flexibility index (Phi) is 4.95. The zero-order valence-electron chi connectivity index (χ0n) is 14.0. The average Bonchev–Trinajstić information content (AvgIpc) is 2.61. The minimum atomic E-state index is 0.226. The number of hydrogen-bond donors (Lipinski definition) is 0. The third kappa shape index (κ3) is 3.72. The summed E-state index contributed by atoms with van der Waals surface area (Å²) in [6, 6.07) is 2.03. The van der Waals surface area contributed by atoms with Gasteiger partial charge in [-0.2, -0.15) is 4.98 Å². The van der Waals surface area contributed by atoms with E-state index in [1.54, 1.807) is 0 Å². The Morgan fingerprint density at radius 2 is 1.78 bits per heavy atom. The second-order valence-corrected chi connectivity index (χ2v) is 5.99. The standard InChI is InChI=1S/C16H25N5O2/c1-3-15(22)20-4-6-21(7-5-20)16-17-13(2)12-14(18-16)19-8-10-23-11-9-19/h12H,3-11H2,1-2H3. The summed E-state index contributed by atoms with van der Waals surface area (Å²) in [5.41, 5.74) is 0.976. The van der Waals surface area contributed by atoms with Crippen LogP contribution in [0.25, 0.3) is 0 Å². The van der Waals surface area contributed by atoms with Crippen molar-refractivity contribution in [2.45, 2.75) is 20.3 Å². The van der Waals surface area contributed by atoms with Gasteiger partial charge in [-0.1, -0.05) is 6.92 Å². The molecule has 7 heteroatoms. The molecule has 126 valence electrons. The molecule has 1 aromatic rings. The number of morpholine rings is 1. The quantitative estimate of drug-likeness (QED) is 0.816. The Bertz CT molecular complexity index is 551. The lowest BCUT2D eigenvalue weighted by Gasteiger charge is -2.35. The predicted octanol–water partition coefficient (Wildman–Crippen LogP) is 0.680. The van der Waals surface area contributed by atoms with Crippen molar-refractivity contribution in [3.8, 4) is 0 Å². The van der Waals surface area contributed by atoms with Crippen LogP contribution >= 0.6 is 0 Å². The summed E-state index contributed by atoms with van der Waals surface area (Å²) in [4.78, 5) is 27.5. The maximum atomic E-state index is 11.8. The molecule has 0 unspecified atom stereocenters.